The van der Waals surface area contributed by atoms with Crippen molar-refractivity contribution in [1.82, 2.24) is 4.98 Å². The molecule has 0 amide bonds. The molecule has 0 aliphatic rings. The first-order chi connectivity index (χ1) is 8.80. The third kappa shape index (κ3) is 2.21. The van der Waals surface area contributed by atoms with Crippen molar-refractivity contribution in [1.29, 1.82) is 5.26 Å². The third-order valence-electron chi connectivity index (χ3n) is 2.62. The van der Waals surface area contributed by atoms with Gasteiger partial charge in [-0.05, 0) is 32.0 Å². The fourth-order valence-electron chi connectivity index (χ4n) is 1.88. The number of nitrogens with zero attached hydrogens (tertiary/aromatic N) is 2. The topological polar surface area (TPSA) is 57.9 Å². The molecule has 4 nitrogen and oxygen atoms in total. The summed E-state index contributed by atoms with van der Waals surface area (Å²) in [5.74, 6) is 0.793. The largest absolute Gasteiger partial charge is 0.494 e. The van der Waals surface area contributed by atoms with Gasteiger partial charge in [-0.15, -0.1) is 0 Å². The molecule has 0 atom stereocenters. The van der Waals surface area contributed by atoms with E-state index in [2.05, 4.69) is 16.4 Å². The monoisotopic (exact) mass is 241 g/mol. The Labute approximate surface area is 106 Å². The first-order valence-electron chi connectivity index (χ1n) is 5.99. The SMILES string of the molecule is CCNc1c(C#N)cnc2ccc(OCC)cc12. The Morgan fingerprint density at radius 3 is 2.89 bits per heavy atom. The first kappa shape index (κ1) is 12.2. The lowest BCUT2D eigenvalue weighted by Crippen LogP contribution is -2.01. The van der Waals surface area contributed by atoms with Gasteiger partial charge >= 0.3 is 0 Å². The summed E-state index contributed by atoms with van der Waals surface area (Å²) in [4.78, 5) is 4.28. The van der Waals surface area contributed by atoms with E-state index in [9.17, 15) is 0 Å². The zero-order valence-corrected chi connectivity index (χ0v) is 10.5. The number of nitriles is 1. The number of pyridine rings is 1. The fourth-order valence-corrected chi connectivity index (χ4v) is 1.88. The van der Waals surface area contributed by atoms with E-state index in [4.69, 9.17) is 10.00 Å². The van der Waals surface area contributed by atoms with Crippen LogP contribution in [0.3, 0.4) is 0 Å². The lowest BCUT2D eigenvalue weighted by atomic mass is 10.1. The van der Waals surface area contributed by atoms with Crippen molar-refractivity contribution >= 4 is 16.6 Å². The number of ether oxygens (including phenoxy) is 1. The van der Waals surface area contributed by atoms with E-state index in [1.165, 1.54) is 0 Å². The van der Waals surface area contributed by atoms with Crippen molar-refractivity contribution in [3.63, 3.8) is 0 Å². The van der Waals surface area contributed by atoms with E-state index >= 15 is 0 Å². The van der Waals surface area contributed by atoms with Gasteiger partial charge in [0, 0.05) is 18.1 Å². The molecule has 0 aliphatic heterocycles. The highest BCUT2D eigenvalue weighted by Gasteiger charge is 2.08. The minimum Gasteiger partial charge on any atom is -0.494 e. The maximum atomic E-state index is 9.12. The van der Waals surface area contributed by atoms with Crippen LogP contribution in [-0.2, 0) is 0 Å². The highest BCUT2D eigenvalue weighted by atomic mass is 16.5. The van der Waals surface area contributed by atoms with Gasteiger partial charge in [0.1, 0.15) is 11.8 Å². The molecule has 0 aliphatic carbocycles. The minimum atomic E-state index is 0.554. The number of fused-ring (bicyclic) bond motifs is 1. The zero-order valence-electron chi connectivity index (χ0n) is 10.5. The molecule has 2 aromatic rings. The quantitative estimate of drug-likeness (QED) is 0.894. The molecule has 0 spiro atoms. The Balaban J connectivity index is 2.64. The summed E-state index contributed by atoms with van der Waals surface area (Å²) in [5.41, 5.74) is 2.23. The lowest BCUT2D eigenvalue weighted by molar-refractivity contribution is 0.340. The van der Waals surface area contributed by atoms with Gasteiger partial charge in [-0.2, -0.15) is 5.26 Å². The van der Waals surface area contributed by atoms with Crippen LogP contribution in [0.25, 0.3) is 10.9 Å². The highest BCUT2D eigenvalue weighted by Crippen LogP contribution is 2.28. The van der Waals surface area contributed by atoms with E-state index in [-0.39, 0.29) is 0 Å². The second-order valence-electron chi connectivity index (χ2n) is 3.80. The van der Waals surface area contributed by atoms with Crippen molar-refractivity contribution in [2.75, 3.05) is 18.5 Å². The molecule has 4 heteroatoms. The molecular formula is C14H15N3O. The highest BCUT2D eigenvalue weighted by molar-refractivity contribution is 5.94. The summed E-state index contributed by atoms with van der Waals surface area (Å²) >= 11 is 0. The van der Waals surface area contributed by atoms with Crippen LogP contribution in [-0.4, -0.2) is 18.1 Å². The van der Waals surface area contributed by atoms with Crippen LogP contribution < -0.4 is 10.1 Å². The van der Waals surface area contributed by atoms with Crippen molar-refractivity contribution < 1.29 is 4.74 Å². The Morgan fingerprint density at radius 2 is 2.22 bits per heavy atom. The van der Waals surface area contributed by atoms with Gasteiger partial charge < -0.3 is 10.1 Å². The van der Waals surface area contributed by atoms with E-state index in [0.29, 0.717) is 12.2 Å². The van der Waals surface area contributed by atoms with Crippen molar-refractivity contribution in [2.45, 2.75) is 13.8 Å². The predicted molar refractivity (Wildman–Crippen MR) is 71.8 cm³/mol. The normalized spacial score (nSPS) is 10.1. The average Bonchev–Trinajstić information content (AvgIpc) is 2.40. The molecule has 1 heterocycles. The summed E-state index contributed by atoms with van der Waals surface area (Å²) < 4.78 is 5.48. The van der Waals surface area contributed by atoms with Gasteiger partial charge in [-0.25, -0.2) is 0 Å². The Morgan fingerprint density at radius 1 is 1.39 bits per heavy atom. The van der Waals surface area contributed by atoms with Crippen LogP contribution in [0.2, 0.25) is 0 Å². The predicted octanol–water partition coefficient (Wildman–Crippen LogP) is 2.94. The van der Waals surface area contributed by atoms with Gasteiger partial charge in [-0.3, -0.25) is 4.98 Å². The van der Waals surface area contributed by atoms with E-state index < -0.39 is 0 Å². The van der Waals surface area contributed by atoms with Crippen LogP contribution in [0.15, 0.2) is 24.4 Å². The smallest absolute Gasteiger partial charge is 0.120 e. The molecule has 0 unspecified atom stereocenters. The lowest BCUT2D eigenvalue weighted by Gasteiger charge is -2.11. The van der Waals surface area contributed by atoms with Crippen molar-refractivity contribution in [3.05, 3.63) is 30.0 Å². The molecule has 0 bridgehead atoms. The number of rotatable bonds is 4. The van der Waals surface area contributed by atoms with E-state index in [0.717, 1.165) is 28.9 Å². The fraction of sp³-hybridized carbons (Fsp3) is 0.286. The van der Waals surface area contributed by atoms with Gasteiger partial charge in [-0.1, -0.05) is 0 Å². The number of hydrogen-bond donors (Lipinski definition) is 1. The molecule has 1 aromatic carbocycles. The van der Waals surface area contributed by atoms with E-state index in [1.807, 2.05) is 32.0 Å². The maximum Gasteiger partial charge on any atom is 0.120 e. The van der Waals surface area contributed by atoms with Gasteiger partial charge in [0.25, 0.3) is 0 Å². The van der Waals surface area contributed by atoms with Crippen LogP contribution in [0.1, 0.15) is 19.4 Å². The maximum absolute atomic E-state index is 9.12. The molecule has 0 fully saturated rings. The van der Waals surface area contributed by atoms with Crippen LogP contribution in [0.4, 0.5) is 5.69 Å². The molecule has 1 aromatic heterocycles. The Bertz CT molecular complexity index is 602. The van der Waals surface area contributed by atoms with Gasteiger partial charge in [0.15, 0.2) is 0 Å². The molecule has 18 heavy (non-hydrogen) atoms. The third-order valence-corrected chi connectivity index (χ3v) is 2.62. The van der Waals surface area contributed by atoms with Crippen molar-refractivity contribution in [3.8, 4) is 11.8 Å². The van der Waals surface area contributed by atoms with Gasteiger partial charge in [0.05, 0.1) is 23.4 Å². The second-order valence-corrected chi connectivity index (χ2v) is 3.80. The Hall–Kier alpha value is -2.28. The zero-order chi connectivity index (χ0) is 13.0. The molecule has 0 saturated heterocycles. The van der Waals surface area contributed by atoms with Crippen LogP contribution >= 0.6 is 0 Å². The number of anilines is 1. The number of benzene rings is 1. The molecular weight excluding hydrogens is 226 g/mol. The molecule has 92 valence electrons. The first-order valence-corrected chi connectivity index (χ1v) is 5.99. The minimum absolute atomic E-state index is 0.554. The number of hydrogen-bond acceptors (Lipinski definition) is 4. The standard InChI is InChI=1S/C14H15N3O/c1-3-16-14-10(8-15)9-17-13-6-5-11(18-4-2)7-12(13)14/h5-7,9H,3-4H2,1-2H3,(H,16,17). The Kier molecular flexibility index (Phi) is 3.63. The molecule has 2 rings (SSSR count). The molecule has 0 radical (unpaired) electrons. The molecule has 0 saturated carbocycles. The van der Waals surface area contributed by atoms with E-state index in [1.54, 1.807) is 6.20 Å². The molecule has 1 N–H and O–H groups in total. The summed E-state index contributed by atoms with van der Waals surface area (Å²) in [5, 5.41) is 13.3. The van der Waals surface area contributed by atoms with Crippen LogP contribution in [0.5, 0.6) is 5.75 Å². The summed E-state index contributed by atoms with van der Waals surface area (Å²) in [7, 11) is 0. The number of nitrogens with one attached hydrogen (secondary N) is 1. The second kappa shape index (κ2) is 5.37. The summed E-state index contributed by atoms with van der Waals surface area (Å²) in [6.45, 7) is 5.32. The van der Waals surface area contributed by atoms with Crippen molar-refractivity contribution in [2.24, 2.45) is 0 Å². The average molecular weight is 241 g/mol. The number of aromatic nitrogens is 1. The van der Waals surface area contributed by atoms with Crippen LogP contribution in [0, 0.1) is 11.3 Å². The van der Waals surface area contributed by atoms with Gasteiger partial charge in [0.2, 0.25) is 0 Å². The summed E-state index contributed by atoms with van der Waals surface area (Å²) in [6.07, 6.45) is 1.60. The summed E-state index contributed by atoms with van der Waals surface area (Å²) in [6, 6.07) is 7.87.